The molecule has 44 heavy (non-hydrogen) atoms. The zero-order chi connectivity index (χ0) is 30.9. The van der Waals surface area contributed by atoms with Gasteiger partial charge in [-0.15, -0.1) is 0 Å². The Morgan fingerprint density at radius 2 is 1.93 bits per heavy atom. The van der Waals surface area contributed by atoms with Gasteiger partial charge in [-0.2, -0.15) is 0 Å². The largest absolute Gasteiger partial charge is 0.504 e. The lowest BCUT2D eigenvalue weighted by Crippen LogP contribution is -2.36. The van der Waals surface area contributed by atoms with Crippen LogP contribution >= 0.6 is 0 Å². The SMILES string of the molecule is NC1=CC(C(CCOc2cc(C3C=CC4C#CC(CCO)CCCCC(O)C4C(O)C3)ccc2O)Cc2ccc[nH]2)=CCN1. The van der Waals surface area contributed by atoms with Crippen molar-refractivity contribution in [1.29, 1.82) is 0 Å². The van der Waals surface area contributed by atoms with E-state index in [1.54, 1.807) is 6.07 Å². The Kier molecular flexibility index (Phi) is 11.1. The van der Waals surface area contributed by atoms with E-state index in [0.29, 0.717) is 44.0 Å². The number of phenolic OH excluding ortho intramolecular Hbond substituents is 1. The topological polar surface area (TPSA) is 144 Å². The van der Waals surface area contributed by atoms with Crippen LogP contribution in [-0.2, 0) is 6.42 Å². The highest BCUT2D eigenvalue weighted by atomic mass is 16.5. The van der Waals surface area contributed by atoms with Crippen LogP contribution in [0.1, 0.15) is 62.1 Å². The fourth-order valence-corrected chi connectivity index (χ4v) is 6.80. The molecule has 1 aliphatic heterocycles. The van der Waals surface area contributed by atoms with Gasteiger partial charge in [0.05, 0.1) is 24.6 Å². The quantitative estimate of drug-likeness (QED) is 0.159. The number of nitrogens with two attached hydrogens (primary N) is 1. The fourth-order valence-electron chi connectivity index (χ4n) is 6.80. The standard InChI is InChI=1S/C36H47N3O5/c37-35-23-28(13-17-39-35)29(20-30-5-3-16-38-30)15-19-44-34-22-27(11-12-31(34)41)26-10-9-25-8-7-24(14-18-40)4-1-2-6-32(42)36(25)33(43)21-26/h3,5,9-13,16,22-26,29,32-33,36,38-43H,1-2,4,6,14-15,17-21,37H2. The monoisotopic (exact) mass is 601 g/mol. The summed E-state index contributed by atoms with van der Waals surface area (Å²) in [5.74, 6) is 7.36. The summed E-state index contributed by atoms with van der Waals surface area (Å²) in [6, 6.07) is 9.45. The van der Waals surface area contributed by atoms with Crippen molar-refractivity contribution in [3.05, 3.63) is 83.5 Å². The molecule has 0 radical (unpaired) electrons. The van der Waals surface area contributed by atoms with Crippen LogP contribution < -0.4 is 15.8 Å². The summed E-state index contributed by atoms with van der Waals surface area (Å²) in [6.45, 7) is 1.21. The molecule has 8 N–H and O–H groups in total. The number of ether oxygens (including phenoxy) is 1. The third-order valence-electron chi connectivity index (χ3n) is 9.29. The first-order valence-electron chi connectivity index (χ1n) is 16.1. The number of hydrogen-bond donors (Lipinski definition) is 7. The maximum Gasteiger partial charge on any atom is 0.161 e. The van der Waals surface area contributed by atoms with E-state index in [-0.39, 0.29) is 41.9 Å². The summed E-state index contributed by atoms with van der Waals surface area (Å²) < 4.78 is 6.18. The average Bonchev–Trinajstić information content (AvgIpc) is 3.46. The number of allylic oxidation sites excluding steroid dienone is 4. The van der Waals surface area contributed by atoms with E-state index in [2.05, 4.69) is 40.4 Å². The number of fused-ring (bicyclic) bond motifs is 1. The summed E-state index contributed by atoms with van der Waals surface area (Å²) in [7, 11) is 0. The zero-order valence-electron chi connectivity index (χ0n) is 25.4. The molecule has 2 aromatic rings. The van der Waals surface area contributed by atoms with Crippen molar-refractivity contribution in [2.75, 3.05) is 19.8 Å². The average molecular weight is 602 g/mol. The van der Waals surface area contributed by atoms with Gasteiger partial charge in [0.2, 0.25) is 0 Å². The molecule has 1 aromatic heterocycles. The van der Waals surface area contributed by atoms with Crippen LogP contribution in [0.3, 0.4) is 0 Å². The van der Waals surface area contributed by atoms with Crippen molar-refractivity contribution < 1.29 is 25.2 Å². The molecule has 8 nitrogen and oxygen atoms in total. The maximum absolute atomic E-state index is 11.4. The van der Waals surface area contributed by atoms with Gasteiger partial charge in [-0.25, -0.2) is 0 Å². The van der Waals surface area contributed by atoms with E-state index in [0.717, 1.165) is 43.4 Å². The summed E-state index contributed by atoms with van der Waals surface area (Å²) >= 11 is 0. The first-order valence-corrected chi connectivity index (χ1v) is 16.1. The highest BCUT2D eigenvalue weighted by molar-refractivity contribution is 5.44. The van der Waals surface area contributed by atoms with Crippen LogP contribution in [0.5, 0.6) is 11.5 Å². The second-order valence-electron chi connectivity index (χ2n) is 12.4. The number of aliphatic hydroxyl groups is 3. The van der Waals surface area contributed by atoms with Gasteiger partial charge in [-0.3, -0.25) is 0 Å². The number of rotatable bonds is 10. The molecule has 0 fully saturated rings. The summed E-state index contributed by atoms with van der Waals surface area (Å²) in [4.78, 5) is 3.29. The van der Waals surface area contributed by atoms with E-state index < -0.39 is 12.2 Å². The van der Waals surface area contributed by atoms with Gasteiger partial charge in [0.25, 0.3) is 0 Å². The number of aliphatic hydroxyl groups excluding tert-OH is 3. The molecule has 0 amide bonds. The molecule has 3 aliphatic rings. The minimum absolute atomic E-state index is 0.0726. The minimum Gasteiger partial charge on any atom is -0.504 e. The maximum atomic E-state index is 11.4. The van der Waals surface area contributed by atoms with Crippen LogP contribution in [0.2, 0.25) is 0 Å². The molecule has 0 bridgehead atoms. The molecular formula is C36H47N3O5. The van der Waals surface area contributed by atoms with Gasteiger partial charge in [0, 0.05) is 48.7 Å². The van der Waals surface area contributed by atoms with Crippen molar-refractivity contribution in [3.8, 4) is 23.3 Å². The molecule has 0 saturated heterocycles. The summed E-state index contributed by atoms with van der Waals surface area (Å²) in [6.07, 6.45) is 14.8. The van der Waals surface area contributed by atoms with Gasteiger partial charge in [0.15, 0.2) is 11.5 Å². The second-order valence-corrected chi connectivity index (χ2v) is 12.4. The lowest BCUT2D eigenvalue weighted by atomic mass is 9.79. The molecule has 2 aliphatic carbocycles. The Bertz CT molecular complexity index is 1370. The normalized spacial score (nSPS) is 27.8. The molecule has 0 spiro atoms. The first-order chi connectivity index (χ1) is 21.4. The first kappa shape index (κ1) is 31.8. The van der Waals surface area contributed by atoms with Gasteiger partial charge in [-0.1, -0.05) is 49.0 Å². The molecule has 0 saturated carbocycles. The van der Waals surface area contributed by atoms with Gasteiger partial charge in [-0.05, 0) is 85.9 Å². The Hall–Kier alpha value is -3.64. The third-order valence-corrected chi connectivity index (χ3v) is 9.29. The molecule has 236 valence electrons. The molecule has 5 rings (SSSR count). The van der Waals surface area contributed by atoms with E-state index in [1.165, 1.54) is 5.57 Å². The molecule has 2 heterocycles. The van der Waals surface area contributed by atoms with Crippen molar-refractivity contribution >= 4 is 0 Å². The van der Waals surface area contributed by atoms with Gasteiger partial charge < -0.3 is 41.2 Å². The Morgan fingerprint density at radius 1 is 1.07 bits per heavy atom. The van der Waals surface area contributed by atoms with E-state index in [9.17, 15) is 20.4 Å². The van der Waals surface area contributed by atoms with Crippen molar-refractivity contribution in [2.24, 2.45) is 29.4 Å². The predicted molar refractivity (Wildman–Crippen MR) is 171 cm³/mol. The molecule has 1 aromatic carbocycles. The number of hydrogen-bond acceptors (Lipinski definition) is 7. The van der Waals surface area contributed by atoms with E-state index in [1.807, 2.05) is 36.5 Å². The second kappa shape index (κ2) is 15.4. The van der Waals surface area contributed by atoms with Crippen molar-refractivity contribution in [2.45, 2.75) is 69.5 Å². The summed E-state index contributed by atoms with van der Waals surface area (Å²) in [5.41, 5.74) is 9.30. The van der Waals surface area contributed by atoms with Crippen LogP contribution in [0.4, 0.5) is 0 Å². The highest BCUT2D eigenvalue weighted by Gasteiger charge is 2.36. The Balaban J connectivity index is 1.30. The molecule has 8 heteroatoms. The van der Waals surface area contributed by atoms with Crippen molar-refractivity contribution in [3.63, 3.8) is 0 Å². The number of aromatic nitrogens is 1. The van der Waals surface area contributed by atoms with Gasteiger partial charge in [0.1, 0.15) is 0 Å². The van der Waals surface area contributed by atoms with E-state index in [4.69, 9.17) is 10.5 Å². The molecule has 7 atom stereocenters. The molecule has 7 unspecified atom stereocenters. The number of benzene rings is 1. The molecular weight excluding hydrogens is 554 g/mol. The van der Waals surface area contributed by atoms with Crippen LogP contribution in [-0.4, -0.2) is 57.4 Å². The van der Waals surface area contributed by atoms with Crippen LogP contribution in [0.15, 0.2) is 72.2 Å². The number of aromatic hydroxyl groups is 1. The number of H-pyrrole nitrogens is 1. The highest BCUT2D eigenvalue weighted by Crippen LogP contribution is 2.39. The lowest BCUT2D eigenvalue weighted by molar-refractivity contribution is -0.00709. The van der Waals surface area contributed by atoms with Crippen LogP contribution in [0.25, 0.3) is 0 Å². The summed E-state index contributed by atoms with van der Waals surface area (Å²) in [5, 5.41) is 45.8. The third kappa shape index (κ3) is 8.29. The predicted octanol–water partition coefficient (Wildman–Crippen LogP) is 4.25. The van der Waals surface area contributed by atoms with Crippen LogP contribution in [0, 0.1) is 35.5 Å². The zero-order valence-corrected chi connectivity index (χ0v) is 25.4. The number of phenols is 1. The Morgan fingerprint density at radius 3 is 2.73 bits per heavy atom. The minimum atomic E-state index is -0.745. The smallest absolute Gasteiger partial charge is 0.161 e. The number of dihydropyridines is 1. The number of nitrogens with one attached hydrogen (secondary N) is 2. The fraction of sp³-hybridized carbons (Fsp3) is 0.500. The lowest BCUT2D eigenvalue weighted by Gasteiger charge is -2.31. The number of aromatic amines is 1. The van der Waals surface area contributed by atoms with Crippen molar-refractivity contribution in [1.82, 2.24) is 10.3 Å². The Labute approximate surface area is 260 Å². The van der Waals surface area contributed by atoms with Gasteiger partial charge >= 0.3 is 0 Å². The van der Waals surface area contributed by atoms with E-state index >= 15 is 0 Å².